The number of esters is 4. The van der Waals surface area contributed by atoms with Gasteiger partial charge in [0.25, 0.3) is 0 Å². The van der Waals surface area contributed by atoms with E-state index in [0.29, 0.717) is 133 Å². The lowest BCUT2D eigenvalue weighted by atomic mass is 9.85. The van der Waals surface area contributed by atoms with E-state index >= 15 is 0 Å². The fourth-order valence-electron chi connectivity index (χ4n) is 14.8. The van der Waals surface area contributed by atoms with Crippen LogP contribution in [-0.4, -0.2) is 151 Å². The van der Waals surface area contributed by atoms with E-state index in [1.165, 1.54) is 29.3 Å². The number of carbonyl (C=O) groups excluding carboxylic acids is 4. The molecule has 4 aromatic rings. The Bertz CT molecular complexity index is 3970. The maximum atomic E-state index is 12.8. The van der Waals surface area contributed by atoms with Crippen LogP contribution in [0.25, 0.3) is 0 Å². The Kier molecular flexibility index (Phi) is 47.4. The van der Waals surface area contributed by atoms with E-state index < -0.39 is 90.4 Å². The van der Waals surface area contributed by atoms with Crippen LogP contribution in [0.4, 0.5) is 13.2 Å². The SMILES string of the molecule is C#CCC(CC#C)C(=O)OC(=O)CCC/C=C\C[C@@H]1[C@@H](CC[C@@H](O)CCc2ccccc2)[C@H](O)C[C@@H]1O.C#CCC(CC#C)COC(=O)CCC/C=C\C[C@@H]1[C@@H](/C=C/[C@@H](O)COc2cccc(C(F)(F)F)c2)[C@H](O)C[C@@H]1O.C#CCOc1cc(OCC#C)cc(OC(=O)CCC/C=C\C[C@@H]2[C@@H](CC[C@@H](O)CCc3ccccc3)[C@H](O)C[C@@H]2O)c1. The smallest absolute Gasteiger partial charge is 0.416 e. The molecule has 0 saturated heterocycles. The van der Waals surface area contributed by atoms with Crippen molar-refractivity contribution in [2.45, 2.75) is 234 Å². The number of ether oxygens (including phenoxy) is 6. The van der Waals surface area contributed by atoms with Gasteiger partial charge in [-0.25, -0.2) is 0 Å². The molecule has 0 aliphatic heterocycles. The first-order chi connectivity index (χ1) is 57.3. The minimum absolute atomic E-state index is 0.0214. The van der Waals surface area contributed by atoms with Gasteiger partial charge < -0.3 is 74.4 Å². The van der Waals surface area contributed by atoms with Gasteiger partial charge in [-0.3, -0.25) is 19.2 Å². The van der Waals surface area contributed by atoms with Crippen LogP contribution in [0.1, 0.15) is 177 Å². The third-order valence-corrected chi connectivity index (χ3v) is 21.3. The quantitative estimate of drug-likeness (QED) is 0.00496. The molecule has 22 heteroatoms. The number of hydrogen-bond acceptors (Lipinski definition) is 19. The van der Waals surface area contributed by atoms with Gasteiger partial charge in [0, 0.05) is 81.4 Å². The van der Waals surface area contributed by atoms with E-state index in [9.17, 15) is 78.3 Å². The zero-order chi connectivity index (χ0) is 86.7. The van der Waals surface area contributed by atoms with Crippen molar-refractivity contribution in [3.05, 3.63) is 168 Å². The molecule has 19 nitrogen and oxygen atoms in total. The summed E-state index contributed by atoms with van der Waals surface area (Å²) < 4.78 is 70.3. The van der Waals surface area contributed by atoms with Crippen LogP contribution in [0.15, 0.2) is 152 Å². The number of aryl methyl sites for hydroxylation is 2. The molecule has 3 aliphatic rings. The molecule has 0 amide bonds. The molecular formula is C97H119F3O19. The summed E-state index contributed by atoms with van der Waals surface area (Å²) in [5, 5.41) is 93.9. The van der Waals surface area contributed by atoms with Crippen LogP contribution in [0.3, 0.4) is 0 Å². The molecule has 0 spiro atoms. The highest BCUT2D eigenvalue weighted by molar-refractivity contribution is 5.87. The molecule has 15 atom stereocenters. The first-order valence-electron chi connectivity index (χ1n) is 41.1. The number of aliphatic hydroxyl groups excluding tert-OH is 9. The summed E-state index contributed by atoms with van der Waals surface area (Å²) in [6.07, 6.45) is 49.4. The predicted molar refractivity (Wildman–Crippen MR) is 449 cm³/mol. The highest BCUT2D eigenvalue weighted by atomic mass is 19.4. The standard InChI is InChI=1S/C35H42O7.C31H37F3O6.C31H40O6/c1-3-20-40-28-22-29(41-21-4-2)24-30(23-28)42-35(39)15-11-6-5-10-14-31-32(34(38)25-33(31)37)19-18-27(36)17-16-26-12-8-7-9-13-26;1-3-10-22(11-4-2)20-40-30(38)15-8-6-5-7-14-26-27(29(37)19-28(26)36)17-16-24(35)21-39-25-13-9-12-23(18-25)31(32,33)34;1-3-12-24(13-4-2)31(36)37-30(35)17-11-6-5-10-16-26-27(29(34)22-28(26)33)21-20-25(32)19-18-23-14-8-7-9-15-23/h1-2,5,7-10,12-13,22-24,27,31-34,36-38H,6,11,14-21,25H2;1-2,5,7,9,12-13,16-18,22,24,26-29,35-37H,6,8,10-11,14-15,19-21H2;1-2,5,7-10,14-15,24-29,32-34H,6,11-13,16-22H2/b10-5-;7-5-,17-16+;10-5-/t27-,31+,32+,33-,34+;24-,26-,27-,28+,29-;25-,26+,27+,28-,29+/m010/s1. The first-order valence-corrected chi connectivity index (χ1v) is 41.1. The molecule has 0 radical (unpaired) electrons. The average Bonchev–Trinajstić information content (AvgIpc) is 1.75. The lowest BCUT2D eigenvalue weighted by Crippen LogP contribution is -2.23. The monoisotopic (exact) mass is 1640 g/mol. The molecule has 3 saturated carbocycles. The third kappa shape index (κ3) is 39.2. The molecule has 119 heavy (non-hydrogen) atoms. The van der Waals surface area contributed by atoms with Gasteiger partial charge in [-0.1, -0.05) is 127 Å². The van der Waals surface area contributed by atoms with Crippen molar-refractivity contribution < 1.29 is 107 Å². The van der Waals surface area contributed by atoms with E-state index in [1.807, 2.05) is 85.0 Å². The highest BCUT2D eigenvalue weighted by Crippen LogP contribution is 2.41. The van der Waals surface area contributed by atoms with Gasteiger partial charge in [-0.2, -0.15) is 13.2 Å². The average molecular weight is 1650 g/mol. The molecular weight excluding hydrogens is 1530 g/mol. The topological polar surface area (TPSA) is 306 Å². The Labute approximate surface area is 700 Å². The molecule has 0 unspecified atom stereocenters. The Morgan fingerprint density at radius 1 is 0.462 bits per heavy atom. The summed E-state index contributed by atoms with van der Waals surface area (Å²) in [6, 6.07) is 29.3. The normalized spacial score (nSPS) is 21.4. The van der Waals surface area contributed by atoms with Crippen LogP contribution < -0.4 is 18.9 Å². The zero-order valence-corrected chi connectivity index (χ0v) is 67.9. The number of unbranched alkanes of at least 4 members (excludes halogenated alkanes) is 3. The summed E-state index contributed by atoms with van der Waals surface area (Å²) in [7, 11) is 0. The van der Waals surface area contributed by atoms with E-state index in [4.69, 9.17) is 67.0 Å². The highest BCUT2D eigenvalue weighted by Gasteiger charge is 2.43. The van der Waals surface area contributed by atoms with Crippen molar-refractivity contribution in [1.29, 1.82) is 0 Å². The number of benzene rings is 4. The van der Waals surface area contributed by atoms with Gasteiger partial charge in [-0.05, 0) is 181 Å². The molecule has 0 aromatic heterocycles. The predicted octanol–water partition coefficient (Wildman–Crippen LogP) is 13.5. The zero-order valence-electron chi connectivity index (χ0n) is 67.9. The van der Waals surface area contributed by atoms with E-state index in [0.717, 1.165) is 25.0 Å². The van der Waals surface area contributed by atoms with Crippen LogP contribution in [0.2, 0.25) is 0 Å². The largest absolute Gasteiger partial charge is 0.491 e. The minimum atomic E-state index is -4.50. The number of halogens is 3. The molecule has 642 valence electrons. The van der Waals surface area contributed by atoms with Crippen molar-refractivity contribution in [1.82, 2.24) is 0 Å². The first kappa shape index (κ1) is 99.7. The lowest BCUT2D eigenvalue weighted by molar-refractivity contribution is -0.162. The second-order valence-electron chi connectivity index (χ2n) is 30.4. The van der Waals surface area contributed by atoms with Crippen molar-refractivity contribution in [3.8, 4) is 97.1 Å². The van der Waals surface area contributed by atoms with Crippen molar-refractivity contribution in [2.75, 3.05) is 26.4 Å². The van der Waals surface area contributed by atoms with Gasteiger partial charge in [0.15, 0.2) is 0 Å². The van der Waals surface area contributed by atoms with Crippen LogP contribution in [0.5, 0.6) is 23.0 Å². The molecule has 0 bridgehead atoms. The fraction of sp³-hybridized carbons (Fsp3) is 0.505. The van der Waals surface area contributed by atoms with E-state index in [-0.39, 0.29) is 124 Å². The van der Waals surface area contributed by atoms with Gasteiger partial charge in [0.1, 0.15) is 48.9 Å². The summed E-state index contributed by atoms with van der Waals surface area (Å²) in [5.74, 6) is 12.0. The number of carbonyl (C=O) groups is 4. The summed E-state index contributed by atoms with van der Waals surface area (Å²) >= 11 is 0. The minimum Gasteiger partial charge on any atom is -0.491 e. The Morgan fingerprint density at radius 2 is 0.908 bits per heavy atom. The van der Waals surface area contributed by atoms with Crippen LogP contribution in [-0.2, 0) is 47.7 Å². The molecule has 4 aromatic carbocycles. The van der Waals surface area contributed by atoms with Gasteiger partial charge >= 0.3 is 30.1 Å². The van der Waals surface area contributed by atoms with Crippen molar-refractivity contribution in [2.24, 2.45) is 47.3 Å². The second-order valence-corrected chi connectivity index (χ2v) is 30.4. The van der Waals surface area contributed by atoms with Gasteiger partial charge in [-0.15, -0.1) is 62.2 Å². The maximum absolute atomic E-state index is 12.8. The molecule has 3 fully saturated rings. The molecule has 0 heterocycles. The van der Waals surface area contributed by atoms with Gasteiger partial charge in [0.05, 0.1) is 66.9 Å². The van der Waals surface area contributed by atoms with Crippen molar-refractivity contribution in [3.63, 3.8) is 0 Å². The number of alkyl halides is 3. The molecule has 3 aliphatic carbocycles. The summed E-state index contributed by atoms with van der Waals surface area (Å²) in [6.45, 7) is 0.0514. The summed E-state index contributed by atoms with van der Waals surface area (Å²) in [5.41, 5.74) is 1.54. The number of aliphatic hydroxyl groups is 9. The lowest BCUT2D eigenvalue weighted by Gasteiger charge is -2.23. The second kappa shape index (κ2) is 56.5. The molecule has 9 N–H and O–H groups in total. The van der Waals surface area contributed by atoms with E-state index in [2.05, 4.69) is 47.7 Å². The Hall–Kier alpha value is -9.89. The number of terminal acetylenes is 6. The number of allylic oxidation sites excluding steroid dienone is 6. The maximum Gasteiger partial charge on any atom is 0.416 e. The molecule has 7 rings (SSSR count). The Morgan fingerprint density at radius 3 is 1.39 bits per heavy atom. The van der Waals surface area contributed by atoms with Crippen LogP contribution in [0, 0.1) is 121 Å². The van der Waals surface area contributed by atoms with Crippen LogP contribution >= 0.6 is 0 Å². The number of hydrogen-bond donors (Lipinski definition) is 9. The van der Waals surface area contributed by atoms with Gasteiger partial charge in [0.2, 0.25) is 0 Å². The summed E-state index contributed by atoms with van der Waals surface area (Å²) in [4.78, 5) is 48.3. The Balaban J connectivity index is 0.000000319. The fourth-order valence-corrected chi connectivity index (χ4v) is 14.8. The third-order valence-electron chi connectivity index (χ3n) is 21.3. The van der Waals surface area contributed by atoms with E-state index in [1.54, 1.807) is 24.3 Å². The van der Waals surface area contributed by atoms with Crippen molar-refractivity contribution >= 4 is 23.9 Å². The number of rotatable bonds is 47.